The Morgan fingerprint density at radius 2 is 1.93 bits per heavy atom. The van der Waals surface area contributed by atoms with Crippen LogP contribution in [0.3, 0.4) is 0 Å². The lowest BCUT2D eigenvalue weighted by atomic mass is 9.84. The number of alkyl halides is 3. The predicted octanol–water partition coefficient (Wildman–Crippen LogP) is 1.78. The smallest absolute Gasteiger partial charge is 0.401 e. The zero-order valence-corrected chi connectivity index (χ0v) is 8.61. The van der Waals surface area contributed by atoms with Crippen molar-refractivity contribution in [2.24, 2.45) is 5.41 Å². The molecule has 6 heteroatoms. The molecule has 1 saturated carbocycles. The Kier molecular flexibility index (Phi) is 2.76. The maximum atomic E-state index is 12.0. The molecule has 1 unspecified atom stereocenters. The highest BCUT2D eigenvalue weighted by Gasteiger charge is 2.58. The van der Waals surface area contributed by atoms with Crippen LogP contribution in [0.4, 0.5) is 13.2 Å². The highest BCUT2D eigenvalue weighted by atomic mass is 19.4. The number of carboxylic acid groups (broad SMARTS) is 1. The number of halogens is 3. The zero-order chi connectivity index (χ0) is 11.9. The molecule has 0 aliphatic heterocycles. The molecule has 0 amide bonds. The minimum absolute atomic E-state index is 0.565. The molecule has 0 saturated heterocycles. The van der Waals surface area contributed by atoms with Gasteiger partial charge in [0.2, 0.25) is 0 Å². The van der Waals surface area contributed by atoms with E-state index < -0.39 is 29.6 Å². The standard InChI is InChI=1S/C9H14F3NO2/c1-7(3-4-7)8(2,6(14)15)13-5-9(10,11)12/h13H,3-5H2,1-2H3,(H,14,15). The van der Waals surface area contributed by atoms with Crippen molar-refractivity contribution in [2.75, 3.05) is 6.54 Å². The molecule has 0 aromatic rings. The summed E-state index contributed by atoms with van der Waals surface area (Å²) in [6.45, 7) is 1.73. The van der Waals surface area contributed by atoms with Crippen LogP contribution in [0.25, 0.3) is 0 Å². The van der Waals surface area contributed by atoms with Crippen molar-refractivity contribution in [3.8, 4) is 0 Å². The lowest BCUT2D eigenvalue weighted by Crippen LogP contribution is -2.57. The van der Waals surface area contributed by atoms with Crippen molar-refractivity contribution in [3.63, 3.8) is 0 Å². The van der Waals surface area contributed by atoms with E-state index in [1.807, 2.05) is 0 Å². The number of aliphatic carboxylic acids is 1. The Bertz CT molecular complexity index is 273. The number of carboxylic acids is 1. The third kappa shape index (κ3) is 2.42. The van der Waals surface area contributed by atoms with Gasteiger partial charge in [-0.15, -0.1) is 0 Å². The second kappa shape index (κ2) is 3.37. The number of carbonyl (C=O) groups is 1. The van der Waals surface area contributed by atoms with Crippen LogP contribution < -0.4 is 5.32 Å². The minimum atomic E-state index is -4.39. The molecular formula is C9H14F3NO2. The largest absolute Gasteiger partial charge is 0.480 e. The van der Waals surface area contributed by atoms with Crippen molar-refractivity contribution in [2.45, 2.75) is 38.4 Å². The van der Waals surface area contributed by atoms with Crippen molar-refractivity contribution in [1.29, 1.82) is 0 Å². The maximum absolute atomic E-state index is 12.0. The van der Waals surface area contributed by atoms with Gasteiger partial charge in [0.15, 0.2) is 0 Å². The molecule has 0 spiro atoms. The highest BCUT2D eigenvalue weighted by Crippen LogP contribution is 2.53. The third-order valence-electron chi connectivity index (χ3n) is 3.28. The molecule has 88 valence electrons. The van der Waals surface area contributed by atoms with Crippen LogP contribution in [-0.4, -0.2) is 29.3 Å². The average Bonchev–Trinajstić information content (AvgIpc) is 2.79. The Hall–Kier alpha value is -0.780. The lowest BCUT2D eigenvalue weighted by molar-refractivity contribution is -0.153. The molecule has 1 aliphatic rings. The van der Waals surface area contributed by atoms with Gasteiger partial charge in [-0.3, -0.25) is 10.1 Å². The van der Waals surface area contributed by atoms with E-state index in [-0.39, 0.29) is 0 Å². The molecule has 1 atom stereocenters. The van der Waals surface area contributed by atoms with Crippen molar-refractivity contribution in [3.05, 3.63) is 0 Å². The van der Waals surface area contributed by atoms with Gasteiger partial charge in [-0.2, -0.15) is 13.2 Å². The Morgan fingerprint density at radius 1 is 1.47 bits per heavy atom. The Labute approximate surface area is 85.7 Å². The SMILES string of the molecule is CC1(C(C)(NCC(F)(F)F)C(=O)O)CC1. The summed E-state index contributed by atoms with van der Waals surface area (Å²) in [6, 6.07) is 0. The van der Waals surface area contributed by atoms with Gasteiger partial charge in [0.05, 0.1) is 6.54 Å². The number of hydrogen-bond donors (Lipinski definition) is 2. The first-order valence-corrected chi connectivity index (χ1v) is 4.66. The quantitative estimate of drug-likeness (QED) is 0.766. The normalized spacial score (nSPS) is 23.3. The lowest BCUT2D eigenvalue weighted by Gasteiger charge is -2.33. The molecule has 1 fully saturated rings. The fraction of sp³-hybridized carbons (Fsp3) is 0.889. The van der Waals surface area contributed by atoms with Crippen LogP contribution in [0.5, 0.6) is 0 Å². The number of nitrogens with one attached hydrogen (secondary N) is 1. The summed E-state index contributed by atoms with van der Waals surface area (Å²) in [7, 11) is 0. The van der Waals surface area contributed by atoms with Gasteiger partial charge < -0.3 is 5.11 Å². The number of rotatable bonds is 4. The predicted molar refractivity (Wildman–Crippen MR) is 47.4 cm³/mol. The van der Waals surface area contributed by atoms with Gasteiger partial charge in [0.1, 0.15) is 5.54 Å². The average molecular weight is 225 g/mol. The van der Waals surface area contributed by atoms with Crippen LogP contribution in [0.1, 0.15) is 26.7 Å². The monoisotopic (exact) mass is 225 g/mol. The van der Waals surface area contributed by atoms with E-state index in [0.717, 1.165) is 0 Å². The molecule has 0 aromatic heterocycles. The van der Waals surface area contributed by atoms with Crippen LogP contribution in [-0.2, 0) is 4.79 Å². The summed E-state index contributed by atoms with van der Waals surface area (Å²) in [5.74, 6) is -1.23. The zero-order valence-electron chi connectivity index (χ0n) is 8.61. The molecule has 0 radical (unpaired) electrons. The van der Waals surface area contributed by atoms with E-state index in [9.17, 15) is 18.0 Å². The van der Waals surface area contributed by atoms with Gasteiger partial charge >= 0.3 is 12.1 Å². The molecule has 3 nitrogen and oxygen atoms in total. The second-order valence-corrected chi connectivity index (χ2v) is 4.46. The molecule has 2 N–H and O–H groups in total. The van der Waals surface area contributed by atoms with Crippen LogP contribution >= 0.6 is 0 Å². The molecule has 0 bridgehead atoms. The molecule has 0 heterocycles. The first-order chi connectivity index (χ1) is 6.61. The first-order valence-electron chi connectivity index (χ1n) is 4.66. The molecular weight excluding hydrogens is 211 g/mol. The van der Waals surface area contributed by atoms with Gasteiger partial charge in [-0.25, -0.2) is 0 Å². The maximum Gasteiger partial charge on any atom is 0.401 e. The Morgan fingerprint density at radius 3 is 2.20 bits per heavy atom. The van der Waals surface area contributed by atoms with Gasteiger partial charge in [0, 0.05) is 0 Å². The topological polar surface area (TPSA) is 49.3 Å². The minimum Gasteiger partial charge on any atom is -0.480 e. The van der Waals surface area contributed by atoms with E-state index in [1.165, 1.54) is 6.92 Å². The second-order valence-electron chi connectivity index (χ2n) is 4.46. The van der Waals surface area contributed by atoms with E-state index >= 15 is 0 Å². The first kappa shape index (κ1) is 12.3. The Balaban J connectivity index is 2.72. The summed E-state index contributed by atoms with van der Waals surface area (Å²) in [5, 5.41) is 11.1. The van der Waals surface area contributed by atoms with E-state index in [0.29, 0.717) is 12.8 Å². The van der Waals surface area contributed by atoms with Gasteiger partial charge in [0.25, 0.3) is 0 Å². The summed E-state index contributed by atoms with van der Waals surface area (Å²) in [6.07, 6.45) is -3.11. The van der Waals surface area contributed by atoms with E-state index in [4.69, 9.17) is 5.11 Å². The van der Waals surface area contributed by atoms with Crippen molar-refractivity contribution >= 4 is 5.97 Å². The van der Waals surface area contributed by atoms with Gasteiger partial charge in [-0.05, 0) is 25.2 Å². The van der Waals surface area contributed by atoms with Crippen LogP contribution in [0.2, 0.25) is 0 Å². The van der Waals surface area contributed by atoms with Crippen molar-refractivity contribution in [1.82, 2.24) is 5.32 Å². The fourth-order valence-corrected chi connectivity index (χ4v) is 1.51. The van der Waals surface area contributed by atoms with Gasteiger partial charge in [-0.1, -0.05) is 6.92 Å². The molecule has 1 rings (SSSR count). The number of hydrogen-bond acceptors (Lipinski definition) is 2. The summed E-state index contributed by atoms with van der Waals surface area (Å²) >= 11 is 0. The van der Waals surface area contributed by atoms with E-state index in [2.05, 4.69) is 5.32 Å². The van der Waals surface area contributed by atoms with E-state index in [1.54, 1.807) is 6.92 Å². The molecule has 15 heavy (non-hydrogen) atoms. The summed E-state index contributed by atoms with van der Waals surface area (Å²) in [5.41, 5.74) is -2.06. The fourth-order valence-electron chi connectivity index (χ4n) is 1.51. The molecule has 1 aliphatic carbocycles. The van der Waals surface area contributed by atoms with Crippen LogP contribution in [0, 0.1) is 5.41 Å². The van der Waals surface area contributed by atoms with Crippen molar-refractivity contribution < 1.29 is 23.1 Å². The summed E-state index contributed by atoms with van der Waals surface area (Å²) < 4.78 is 36.0. The van der Waals surface area contributed by atoms with Crippen LogP contribution in [0.15, 0.2) is 0 Å². The highest BCUT2D eigenvalue weighted by molar-refractivity contribution is 5.80. The summed E-state index contributed by atoms with van der Waals surface area (Å²) in [4.78, 5) is 11.0. The molecule has 0 aromatic carbocycles. The third-order valence-corrected chi connectivity index (χ3v) is 3.28.